The van der Waals surface area contributed by atoms with Gasteiger partial charge in [0.05, 0.1) is 18.3 Å². The molecule has 0 bridgehead atoms. The number of benzene rings is 1. The van der Waals surface area contributed by atoms with Crippen molar-refractivity contribution in [2.75, 3.05) is 32.8 Å². The summed E-state index contributed by atoms with van der Waals surface area (Å²) >= 11 is 0. The number of aliphatic hydroxyl groups is 1. The number of carbonyl (C=O) groups is 1. The smallest absolute Gasteiger partial charge is 0.223 e. The van der Waals surface area contributed by atoms with Crippen molar-refractivity contribution in [1.82, 2.24) is 15.2 Å². The lowest BCUT2D eigenvalue weighted by Crippen LogP contribution is -2.48. The highest BCUT2D eigenvalue weighted by molar-refractivity contribution is 6.07. The number of ether oxygens (including phenoxy) is 1. The number of hydrogen-bond acceptors (Lipinski definition) is 6. The fourth-order valence-electron chi connectivity index (χ4n) is 3.64. The summed E-state index contributed by atoms with van der Waals surface area (Å²) in [5.74, 6) is -0.223. The molecular weight excluding hydrogens is 375 g/mol. The molecule has 2 aliphatic rings. The predicted octanol–water partition coefficient (Wildman–Crippen LogP) is 1.91. The van der Waals surface area contributed by atoms with Gasteiger partial charge in [0, 0.05) is 38.3 Å². The zero-order valence-corrected chi connectivity index (χ0v) is 17.0. The van der Waals surface area contributed by atoms with Gasteiger partial charge in [-0.2, -0.15) is 5.10 Å². The number of nitrogens with zero attached hydrogens (tertiary/aromatic N) is 3. The van der Waals surface area contributed by atoms with Crippen molar-refractivity contribution >= 4 is 11.6 Å². The first-order valence-electron chi connectivity index (χ1n) is 10.5. The number of hydrazone groups is 1. The minimum atomic E-state index is -0.955. The number of hydrogen-bond donors (Lipinski definition) is 2. The Bertz CT molecular complexity index is 698. The summed E-state index contributed by atoms with van der Waals surface area (Å²) in [5, 5.41) is 19.7. The molecule has 1 aromatic carbocycles. The zero-order chi connectivity index (χ0) is 20.6. The standard InChI is InChI=1S/C21H31FN4O3/c1-2-3-13-29-14-5-11-23-21(28)26-15-18(25-12-4-6-19(25)27)20(24-26)16-7-9-17(22)10-8-16/h7-10,18,21,23,28H,2-6,11-15H2,1H3. The van der Waals surface area contributed by atoms with E-state index in [1.54, 1.807) is 17.1 Å². The molecule has 0 aromatic heterocycles. The van der Waals surface area contributed by atoms with Gasteiger partial charge in [-0.3, -0.25) is 15.1 Å². The molecule has 1 fully saturated rings. The summed E-state index contributed by atoms with van der Waals surface area (Å²) in [5.41, 5.74) is 1.44. The summed E-state index contributed by atoms with van der Waals surface area (Å²) < 4.78 is 18.9. The molecule has 2 aliphatic heterocycles. The van der Waals surface area contributed by atoms with E-state index >= 15 is 0 Å². The molecule has 2 atom stereocenters. The van der Waals surface area contributed by atoms with E-state index in [-0.39, 0.29) is 17.8 Å². The maximum absolute atomic E-state index is 13.3. The van der Waals surface area contributed by atoms with E-state index in [0.717, 1.165) is 37.9 Å². The highest BCUT2D eigenvalue weighted by Gasteiger charge is 2.38. The van der Waals surface area contributed by atoms with Gasteiger partial charge in [0.1, 0.15) is 5.82 Å². The number of nitrogens with one attached hydrogen (secondary N) is 1. The second-order valence-electron chi connectivity index (χ2n) is 7.47. The third-order valence-corrected chi connectivity index (χ3v) is 5.25. The quantitative estimate of drug-likeness (QED) is 0.434. The lowest BCUT2D eigenvalue weighted by atomic mass is 10.0. The zero-order valence-electron chi connectivity index (χ0n) is 17.0. The monoisotopic (exact) mass is 406 g/mol. The minimum absolute atomic E-state index is 0.0957. The van der Waals surface area contributed by atoms with Crippen LogP contribution in [0.25, 0.3) is 0 Å². The van der Waals surface area contributed by atoms with Gasteiger partial charge in [-0.05, 0) is 31.4 Å². The maximum atomic E-state index is 13.3. The molecule has 7 nitrogen and oxygen atoms in total. The lowest BCUT2D eigenvalue weighted by Gasteiger charge is -2.27. The van der Waals surface area contributed by atoms with E-state index < -0.39 is 6.35 Å². The average Bonchev–Trinajstić information content (AvgIpc) is 3.34. The molecule has 3 rings (SSSR count). The number of likely N-dealkylation sites (tertiary alicyclic amines) is 1. The topological polar surface area (TPSA) is 77.4 Å². The van der Waals surface area contributed by atoms with Crippen LogP contribution < -0.4 is 5.32 Å². The second-order valence-corrected chi connectivity index (χ2v) is 7.47. The Balaban J connectivity index is 1.60. The van der Waals surface area contributed by atoms with Gasteiger partial charge >= 0.3 is 0 Å². The van der Waals surface area contributed by atoms with Gasteiger partial charge in [0.2, 0.25) is 5.91 Å². The molecule has 1 aromatic rings. The van der Waals surface area contributed by atoms with Gasteiger partial charge in [-0.25, -0.2) is 4.39 Å². The summed E-state index contributed by atoms with van der Waals surface area (Å²) in [7, 11) is 0. The van der Waals surface area contributed by atoms with Crippen LogP contribution in [-0.2, 0) is 9.53 Å². The Kier molecular flexibility index (Phi) is 7.97. The molecular formula is C21H31FN4O3. The second kappa shape index (κ2) is 10.7. The predicted molar refractivity (Wildman–Crippen MR) is 109 cm³/mol. The molecule has 0 radical (unpaired) electrons. The summed E-state index contributed by atoms with van der Waals surface area (Å²) in [6.45, 7) is 5.21. The molecule has 8 heteroatoms. The molecule has 0 spiro atoms. The van der Waals surface area contributed by atoms with Crippen molar-refractivity contribution in [3.05, 3.63) is 35.6 Å². The van der Waals surface area contributed by atoms with E-state index in [2.05, 4.69) is 17.3 Å². The van der Waals surface area contributed by atoms with E-state index in [1.807, 2.05) is 4.90 Å². The largest absolute Gasteiger partial charge is 0.381 e. The van der Waals surface area contributed by atoms with Crippen molar-refractivity contribution in [3.8, 4) is 0 Å². The van der Waals surface area contributed by atoms with Gasteiger partial charge in [0.15, 0.2) is 6.35 Å². The van der Waals surface area contributed by atoms with Gasteiger partial charge < -0.3 is 14.7 Å². The third-order valence-electron chi connectivity index (χ3n) is 5.25. The Morgan fingerprint density at radius 1 is 1.31 bits per heavy atom. The van der Waals surface area contributed by atoms with Crippen LogP contribution in [0.3, 0.4) is 0 Å². The van der Waals surface area contributed by atoms with Crippen LogP contribution >= 0.6 is 0 Å². The number of aliphatic hydroxyl groups excluding tert-OH is 1. The van der Waals surface area contributed by atoms with Crippen LogP contribution in [0.4, 0.5) is 4.39 Å². The van der Waals surface area contributed by atoms with E-state index in [1.165, 1.54) is 12.1 Å². The fourth-order valence-corrected chi connectivity index (χ4v) is 3.64. The fraction of sp³-hybridized carbons (Fsp3) is 0.619. The van der Waals surface area contributed by atoms with E-state index in [0.29, 0.717) is 38.4 Å². The van der Waals surface area contributed by atoms with Crippen LogP contribution in [0, 0.1) is 5.82 Å². The van der Waals surface area contributed by atoms with Gasteiger partial charge in [-0.1, -0.05) is 25.5 Å². The lowest BCUT2D eigenvalue weighted by molar-refractivity contribution is -0.129. The SMILES string of the molecule is CCCCOCCCNC(O)N1CC(N2CCCC2=O)C(c2ccc(F)cc2)=N1. The Morgan fingerprint density at radius 2 is 2.07 bits per heavy atom. The highest BCUT2D eigenvalue weighted by Crippen LogP contribution is 2.24. The van der Waals surface area contributed by atoms with Crippen molar-refractivity contribution in [3.63, 3.8) is 0 Å². The molecule has 0 saturated carbocycles. The van der Waals surface area contributed by atoms with Crippen LogP contribution in [0.1, 0.15) is 44.6 Å². The van der Waals surface area contributed by atoms with Crippen LogP contribution in [-0.4, -0.2) is 71.9 Å². The summed E-state index contributed by atoms with van der Waals surface area (Å²) in [6, 6.07) is 5.86. The minimum Gasteiger partial charge on any atom is -0.381 e. The number of rotatable bonds is 11. The van der Waals surface area contributed by atoms with Gasteiger partial charge in [-0.15, -0.1) is 0 Å². The van der Waals surface area contributed by atoms with Gasteiger partial charge in [0.25, 0.3) is 0 Å². The van der Waals surface area contributed by atoms with Crippen LogP contribution in [0.15, 0.2) is 29.4 Å². The molecule has 2 heterocycles. The number of carbonyl (C=O) groups excluding carboxylic acids is 1. The van der Waals surface area contributed by atoms with Crippen LogP contribution in [0.2, 0.25) is 0 Å². The van der Waals surface area contributed by atoms with E-state index in [9.17, 15) is 14.3 Å². The third kappa shape index (κ3) is 5.74. The average molecular weight is 407 g/mol. The Hall–Kier alpha value is -2.03. The number of amides is 1. The Morgan fingerprint density at radius 3 is 2.76 bits per heavy atom. The molecule has 2 N–H and O–H groups in total. The summed E-state index contributed by atoms with van der Waals surface area (Å²) in [6.07, 6.45) is 3.36. The molecule has 1 saturated heterocycles. The first-order valence-corrected chi connectivity index (χ1v) is 10.5. The Labute approximate surface area is 171 Å². The first-order chi connectivity index (χ1) is 14.1. The van der Waals surface area contributed by atoms with Crippen molar-refractivity contribution in [2.24, 2.45) is 5.10 Å². The first kappa shape index (κ1) is 21.7. The molecule has 2 unspecified atom stereocenters. The van der Waals surface area contributed by atoms with Crippen molar-refractivity contribution < 1.29 is 19.0 Å². The maximum Gasteiger partial charge on any atom is 0.223 e. The molecule has 1 amide bonds. The molecule has 160 valence electrons. The summed E-state index contributed by atoms with van der Waals surface area (Å²) in [4.78, 5) is 14.1. The number of unbranched alkanes of at least 4 members (excludes halogenated alkanes) is 1. The highest BCUT2D eigenvalue weighted by atomic mass is 19.1. The van der Waals surface area contributed by atoms with E-state index in [4.69, 9.17) is 4.74 Å². The molecule has 29 heavy (non-hydrogen) atoms. The molecule has 0 aliphatic carbocycles. The number of halogens is 1. The normalized spacial score (nSPS) is 20.4. The van der Waals surface area contributed by atoms with Crippen LogP contribution in [0.5, 0.6) is 0 Å². The van der Waals surface area contributed by atoms with Crippen molar-refractivity contribution in [2.45, 2.75) is 51.4 Å². The van der Waals surface area contributed by atoms with Crippen molar-refractivity contribution in [1.29, 1.82) is 0 Å².